The number of hydrogen-bond donors (Lipinski definition) is 1. The maximum absolute atomic E-state index is 14.4. The molecule has 8 heteroatoms. The highest BCUT2D eigenvalue weighted by atomic mass is 16.5. The first kappa shape index (κ1) is 27.4. The number of methoxy groups -OCH3 is 1. The van der Waals surface area contributed by atoms with Crippen molar-refractivity contribution in [3.8, 4) is 5.75 Å². The van der Waals surface area contributed by atoms with Gasteiger partial charge >= 0.3 is 12.0 Å². The molecular formula is C32H45N3O5. The molecule has 0 spiro atoms. The first-order valence-corrected chi connectivity index (χ1v) is 15.6. The van der Waals surface area contributed by atoms with Crippen molar-refractivity contribution < 1.29 is 23.9 Å². The molecule has 5 saturated carbocycles. The Kier molecular flexibility index (Phi) is 7.95. The van der Waals surface area contributed by atoms with Gasteiger partial charge in [-0.05, 0) is 106 Å². The molecule has 7 rings (SSSR count). The molecule has 2 atom stereocenters. The van der Waals surface area contributed by atoms with Crippen molar-refractivity contribution in [2.24, 2.45) is 35.3 Å². The Morgan fingerprint density at radius 2 is 1.62 bits per heavy atom. The number of esters is 1. The lowest BCUT2D eigenvalue weighted by Gasteiger charge is -2.53. The largest absolute Gasteiger partial charge is 0.497 e. The second kappa shape index (κ2) is 11.6. The van der Waals surface area contributed by atoms with Crippen molar-refractivity contribution in [1.82, 2.24) is 4.90 Å². The smallest absolute Gasteiger partial charge is 0.325 e. The predicted octanol–water partition coefficient (Wildman–Crippen LogP) is 5.28. The molecule has 0 radical (unpaired) electrons. The van der Waals surface area contributed by atoms with Gasteiger partial charge in [0.1, 0.15) is 24.4 Å². The van der Waals surface area contributed by atoms with Crippen LogP contribution in [0.1, 0.15) is 83.5 Å². The molecular weight excluding hydrogens is 506 g/mol. The second-order valence-electron chi connectivity index (χ2n) is 13.2. The van der Waals surface area contributed by atoms with Crippen molar-refractivity contribution in [1.29, 1.82) is 0 Å². The number of anilines is 1. The molecule has 8 nitrogen and oxygen atoms in total. The molecule has 5 aliphatic carbocycles. The highest BCUT2D eigenvalue weighted by Crippen LogP contribution is 2.54. The van der Waals surface area contributed by atoms with Gasteiger partial charge in [-0.25, -0.2) is 4.79 Å². The van der Waals surface area contributed by atoms with Gasteiger partial charge in [0.05, 0.1) is 12.8 Å². The Bertz CT molecular complexity index is 1070. The summed E-state index contributed by atoms with van der Waals surface area (Å²) in [5.74, 6) is 3.01. The van der Waals surface area contributed by atoms with Gasteiger partial charge in [0.25, 0.3) is 0 Å². The summed E-state index contributed by atoms with van der Waals surface area (Å²) in [6, 6.07) is 5.61. The van der Waals surface area contributed by atoms with Gasteiger partial charge in [-0.3, -0.25) is 14.5 Å². The SMILES string of the molecule is COc1cccc(N(C(N)=O)C2CCCC(C3CCCCC3)N(CC(=O)OC3C4CC5CC(C4)CC3C5)C2=O)c1. The third kappa shape index (κ3) is 5.42. The van der Waals surface area contributed by atoms with Crippen molar-refractivity contribution in [2.45, 2.75) is 102 Å². The minimum atomic E-state index is -0.771. The summed E-state index contributed by atoms with van der Waals surface area (Å²) in [4.78, 5) is 44.0. The number of urea groups is 1. The molecule has 218 valence electrons. The molecule has 1 aliphatic heterocycles. The fourth-order valence-electron chi connectivity index (χ4n) is 9.22. The van der Waals surface area contributed by atoms with Crippen LogP contribution in [0.25, 0.3) is 0 Å². The summed E-state index contributed by atoms with van der Waals surface area (Å²) in [6.07, 6.45) is 13.8. The summed E-state index contributed by atoms with van der Waals surface area (Å²) in [5.41, 5.74) is 6.43. The topological polar surface area (TPSA) is 102 Å². The summed E-state index contributed by atoms with van der Waals surface area (Å²) in [7, 11) is 1.57. The number of rotatable bonds is 7. The van der Waals surface area contributed by atoms with Crippen LogP contribution < -0.4 is 15.4 Å². The van der Waals surface area contributed by atoms with Crippen LogP contribution in [0.4, 0.5) is 10.5 Å². The van der Waals surface area contributed by atoms with E-state index in [9.17, 15) is 14.4 Å². The number of nitrogens with two attached hydrogens (primary N) is 1. The first-order chi connectivity index (χ1) is 19.4. The standard InChI is InChI=1S/C32H45N3O5/c1-39-26-10-5-9-25(18-26)35(32(33)38)28-12-6-11-27(22-7-3-2-4-8-22)34(31(28)37)19-29(36)40-30-23-14-20-13-21(16-23)17-24(30)15-20/h5,9-10,18,20-24,27-28,30H,2-4,6-8,11-17,19H2,1H3,(H2,33,38). The van der Waals surface area contributed by atoms with E-state index in [1.807, 2.05) is 0 Å². The van der Waals surface area contributed by atoms with E-state index in [2.05, 4.69) is 0 Å². The van der Waals surface area contributed by atoms with E-state index < -0.39 is 12.1 Å². The number of likely N-dealkylation sites (tertiary alicyclic amines) is 1. The Balaban J connectivity index is 1.25. The van der Waals surface area contributed by atoms with Crippen LogP contribution in [0.15, 0.2) is 24.3 Å². The Morgan fingerprint density at radius 3 is 2.27 bits per heavy atom. The second-order valence-corrected chi connectivity index (χ2v) is 13.2. The van der Waals surface area contributed by atoms with Crippen LogP contribution in [0.3, 0.4) is 0 Å². The van der Waals surface area contributed by atoms with E-state index in [-0.39, 0.29) is 30.6 Å². The van der Waals surface area contributed by atoms with Gasteiger partial charge in [0.15, 0.2) is 0 Å². The number of ether oxygens (including phenoxy) is 2. The predicted molar refractivity (Wildman–Crippen MR) is 152 cm³/mol. The van der Waals surface area contributed by atoms with Crippen LogP contribution in [0, 0.1) is 29.6 Å². The molecule has 6 fully saturated rings. The molecule has 3 amide bonds. The van der Waals surface area contributed by atoms with Crippen LogP contribution in [0.2, 0.25) is 0 Å². The summed E-state index contributed by atoms with van der Waals surface area (Å²) >= 11 is 0. The lowest BCUT2D eigenvalue weighted by Crippen LogP contribution is -2.56. The molecule has 40 heavy (non-hydrogen) atoms. The zero-order valence-corrected chi connectivity index (χ0v) is 23.8. The van der Waals surface area contributed by atoms with E-state index >= 15 is 0 Å². The van der Waals surface area contributed by atoms with Gasteiger partial charge in [-0.1, -0.05) is 25.3 Å². The van der Waals surface area contributed by atoms with E-state index in [0.29, 0.717) is 35.6 Å². The number of hydrogen-bond acceptors (Lipinski definition) is 5. The highest BCUT2D eigenvalue weighted by Gasteiger charge is 2.50. The van der Waals surface area contributed by atoms with E-state index in [0.717, 1.165) is 50.4 Å². The fourth-order valence-corrected chi connectivity index (χ4v) is 9.22. The van der Waals surface area contributed by atoms with E-state index in [4.69, 9.17) is 15.2 Å². The number of amides is 3. The van der Waals surface area contributed by atoms with Gasteiger partial charge in [0, 0.05) is 12.1 Å². The zero-order chi connectivity index (χ0) is 27.8. The molecule has 1 saturated heterocycles. The third-order valence-electron chi connectivity index (χ3n) is 10.7. The average Bonchev–Trinajstić information content (AvgIpc) is 3.10. The monoisotopic (exact) mass is 551 g/mol. The first-order valence-electron chi connectivity index (χ1n) is 15.6. The fraction of sp³-hybridized carbons (Fsp3) is 0.719. The molecule has 1 heterocycles. The van der Waals surface area contributed by atoms with Crippen LogP contribution >= 0.6 is 0 Å². The Labute approximate surface area is 237 Å². The average molecular weight is 552 g/mol. The number of carbonyl (C=O) groups is 3. The highest BCUT2D eigenvalue weighted by molar-refractivity contribution is 6.00. The zero-order valence-electron chi connectivity index (χ0n) is 23.8. The Morgan fingerprint density at radius 1 is 0.925 bits per heavy atom. The molecule has 6 aliphatic rings. The number of benzene rings is 1. The summed E-state index contributed by atoms with van der Waals surface area (Å²) in [6.45, 7) is -0.0516. The number of primary amides is 1. The maximum Gasteiger partial charge on any atom is 0.325 e. The molecule has 2 N–H and O–H groups in total. The van der Waals surface area contributed by atoms with Gasteiger partial charge in [-0.15, -0.1) is 0 Å². The summed E-state index contributed by atoms with van der Waals surface area (Å²) < 4.78 is 11.6. The van der Waals surface area contributed by atoms with Crippen LogP contribution in [-0.4, -0.2) is 54.6 Å². The lowest BCUT2D eigenvalue weighted by atomic mass is 9.55. The molecule has 1 aromatic rings. The van der Waals surface area contributed by atoms with Crippen molar-refractivity contribution in [3.05, 3.63) is 24.3 Å². The minimum Gasteiger partial charge on any atom is -0.497 e. The normalized spacial score (nSPS) is 33.9. The molecule has 0 aromatic heterocycles. The van der Waals surface area contributed by atoms with Gasteiger partial charge < -0.3 is 20.1 Å². The maximum atomic E-state index is 14.4. The molecule has 1 aromatic carbocycles. The number of nitrogens with zero attached hydrogens (tertiary/aromatic N) is 2. The van der Waals surface area contributed by atoms with Crippen molar-refractivity contribution in [3.63, 3.8) is 0 Å². The Hall–Kier alpha value is -2.77. The lowest BCUT2D eigenvalue weighted by molar-refractivity contribution is -0.174. The molecule has 2 unspecified atom stereocenters. The third-order valence-corrected chi connectivity index (χ3v) is 10.7. The van der Waals surface area contributed by atoms with Gasteiger partial charge in [-0.2, -0.15) is 0 Å². The number of carbonyl (C=O) groups excluding carboxylic acids is 3. The summed E-state index contributed by atoms with van der Waals surface area (Å²) in [5, 5.41) is 0. The van der Waals surface area contributed by atoms with E-state index in [1.165, 1.54) is 43.4 Å². The molecule has 4 bridgehead atoms. The van der Waals surface area contributed by atoms with Crippen molar-refractivity contribution >= 4 is 23.6 Å². The van der Waals surface area contributed by atoms with Crippen molar-refractivity contribution in [2.75, 3.05) is 18.6 Å². The van der Waals surface area contributed by atoms with Crippen LogP contribution in [-0.2, 0) is 14.3 Å². The van der Waals surface area contributed by atoms with Gasteiger partial charge in [0.2, 0.25) is 5.91 Å². The van der Waals surface area contributed by atoms with E-state index in [1.54, 1.807) is 36.3 Å². The van der Waals surface area contributed by atoms with Crippen LogP contribution in [0.5, 0.6) is 5.75 Å². The minimum absolute atomic E-state index is 0.00907. The quantitative estimate of drug-likeness (QED) is 0.465.